The number of benzene rings is 1. The third-order valence-corrected chi connectivity index (χ3v) is 6.01. The highest BCUT2D eigenvalue weighted by atomic mass is 35.5. The first kappa shape index (κ1) is 24.2. The number of halogens is 5. The van der Waals surface area contributed by atoms with Gasteiger partial charge in [-0.15, -0.1) is 0 Å². The zero-order valence-corrected chi connectivity index (χ0v) is 17.9. The molecule has 0 spiro atoms. The van der Waals surface area contributed by atoms with Crippen LogP contribution in [0.3, 0.4) is 0 Å². The summed E-state index contributed by atoms with van der Waals surface area (Å²) in [6.45, 7) is 4.85. The van der Waals surface area contributed by atoms with Gasteiger partial charge in [-0.05, 0) is 56.7 Å². The van der Waals surface area contributed by atoms with Crippen molar-refractivity contribution in [2.75, 3.05) is 0 Å². The fraction of sp³-hybridized carbons (Fsp3) is 0.368. The van der Waals surface area contributed by atoms with E-state index in [1.165, 1.54) is 18.3 Å². The summed E-state index contributed by atoms with van der Waals surface area (Å²) >= 11 is 5.86. The number of hydrogen-bond donors (Lipinski definition) is 2. The van der Waals surface area contributed by atoms with Crippen LogP contribution in [0, 0.1) is 5.82 Å². The summed E-state index contributed by atoms with van der Waals surface area (Å²) in [6.07, 6.45) is -4.28. The Morgan fingerprint density at radius 1 is 1.17 bits per heavy atom. The number of primary amides is 1. The lowest BCUT2D eigenvalue weighted by atomic mass is 9.83. The van der Waals surface area contributed by atoms with Gasteiger partial charge in [0, 0.05) is 6.20 Å². The van der Waals surface area contributed by atoms with E-state index in [1.54, 1.807) is 20.8 Å². The first-order valence-corrected chi connectivity index (χ1v) is 10.2. The molecule has 2 rings (SSSR count). The van der Waals surface area contributed by atoms with Gasteiger partial charge in [0.1, 0.15) is 11.4 Å². The number of carbonyl (C=O) groups is 1. The number of nitrogens with zero attached hydrogens (tertiary/aromatic N) is 1. The molecule has 0 fully saturated rings. The van der Waals surface area contributed by atoms with Gasteiger partial charge < -0.3 is 5.73 Å². The zero-order valence-electron chi connectivity index (χ0n) is 16.3. The van der Waals surface area contributed by atoms with Gasteiger partial charge in [-0.3, -0.25) is 9.78 Å². The minimum atomic E-state index is -4.86. The van der Waals surface area contributed by atoms with Crippen molar-refractivity contribution < 1.29 is 26.6 Å². The molecule has 1 amide bonds. The highest BCUT2D eigenvalue weighted by molar-refractivity contribution is 7.84. The lowest BCUT2D eigenvalue weighted by Gasteiger charge is -2.36. The van der Waals surface area contributed by atoms with Crippen molar-refractivity contribution in [3.63, 3.8) is 0 Å². The van der Waals surface area contributed by atoms with Crippen molar-refractivity contribution in [1.29, 1.82) is 0 Å². The SMILES string of the molecule is CC(C)(C)S(=O)N[C@@](CC(N)=O)(c1cc(F)cc(C(F)(F)F)c1)c1ccc(Cl)cn1. The Balaban J connectivity index is 2.86. The molecule has 0 saturated carbocycles. The molecule has 11 heteroatoms. The number of aromatic nitrogens is 1. The molecule has 1 aromatic heterocycles. The van der Waals surface area contributed by atoms with E-state index in [1.807, 2.05) is 0 Å². The van der Waals surface area contributed by atoms with Gasteiger partial charge in [-0.1, -0.05) is 11.6 Å². The van der Waals surface area contributed by atoms with Gasteiger partial charge in [-0.2, -0.15) is 13.2 Å². The van der Waals surface area contributed by atoms with E-state index in [2.05, 4.69) is 9.71 Å². The second-order valence-corrected chi connectivity index (χ2v) is 10.0. The van der Waals surface area contributed by atoms with Gasteiger partial charge in [-0.25, -0.2) is 13.3 Å². The number of nitrogens with two attached hydrogens (primary N) is 1. The smallest absolute Gasteiger partial charge is 0.370 e. The van der Waals surface area contributed by atoms with Gasteiger partial charge in [0.15, 0.2) is 0 Å². The molecule has 0 aliphatic rings. The van der Waals surface area contributed by atoms with E-state index in [9.17, 15) is 26.6 Å². The third kappa shape index (κ3) is 5.55. The first-order chi connectivity index (χ1) is 13.6. The van der Waals surface area contributed by atoms with Crippen LogP contribution in [-0.4, -0.2) is 19.8 Å². The van der Waals surface area contributed by atoms with Gasteiger partial charge in [0.25, 0.3) is 0 Å². The molecular weight excluding hydrogens is 446 g/mol. The summed E-state index contributed by atoms with van der Waals surface area (Å²) in [4.78, 5) is 16.0. The van der Waals surface area contributed by atoms with Crippen molar-refractivity contribution in [2.45, 2.75) is 43.7 Å². The molecule has 0 bridgehead atoms. The third-order valence-electron chi connectivity index (χ3n) is 4.15. The summed E-state index contributed by atoms with van der Waals surface area (Å²) in [5, 5.41) is 0.221. The predicted octanol–water partition coefficient (Wildman–Crippen LogP) is 4.06. The Morgan fingerprint density at radius 2 is 1.77 bits per heavy atom. The number of carbonyl (C=O) groups excluding carboxylic acids is 1. The number of rotatable bonds is 6. The van der Waals surface area contributed by atoms with Crippen molar-refractivity contribution in [1.82, 2.24) is 9.71 Å². The van der Waals surface area contributed by atoms with E-state index in [-0.39, 0.29) is 16.3 Å². The van der Waals surface area contributed by atoms with Gasteiger partial charge in [0.2, 0.25) is 5.91 Å². The minimum Gasteiger partial charge on any atom is -0.370 e. The fourth-order valence-electron chi connectivity index (χ4n) is 2.69. The Morgan fingerprint density at radius 3 is 2.23 bits per heavy atom. The molecule has 0 radical (unpaired) electrons. The Bertz CT molecular complexity index is 962. The average molecular weight is 466 g/mol. The maximum atomic E-state index is 14.2. The minimum absolute atomic E-state index is 0.00187. The van der Waals surface area contributed by atoms with E-state index < -0.39 is 51.2 Å². The highest BCUT2D eigenvalue weighted by Crippen LogP contribution is 2.38. The first-order valence-electron chi connectivity index (χ1n) is 8.63. The van der Waals surface area contributed by atoms with Gasteiger partial charge >= 0.3 is 6.18 Å². The van der Waals surface area contributed by atoms with Crippen LogP contribution in [0.15, 0.2) is 36.5 Å². The molecule has 30 heavy (non-hydrogen) atoms. The molecule has 3 N–H and O–H groups in total. The number of pyridine rings is 1. The van der Waals surface area contributed by atoms with Crippen molar-refractivity contribution in [3.8, 4) is 0 Å². The molecule has 2 aromatic rings. The summed E-state index contributed by atoms with van der Waals surface area (Å²) in [6, 6.07) is 4.56. The number of hydrogen-bond acceptors (Lipinski definition) is 3. The van der Waals surface area contributed by atoms with Crippen LogP contribution in [0.4, 0.5) is 17.6 Å². The molecule has 0 aliphatic carbocycles. The standard InChI is InChI=1S/C19H20ClF4N3O2S/c1-17(2,3)30(29)27-18(9-16(25)28,15-5-4-13(20)10-26-15)11-6-12(19(22,23)24)8-14(21)7-11/h4-8,10,27H,9H2,1-3H3,(H2,25,28)/t18-,30?/m0/s1. The molecule has 1 aromatic carbocycles. The second-order valence-electron chi connectivity index (χ2n) is 7.62. The molecule has 5 nitrogen and oxygen atoms in total. The van der Waals surface area contributed by atoms with Crippen LogP contribution in [0.25, 0.3) is 0 Å². The number of amides is 1. The van der Waals surface area contributed by atoms with Crippen molar-refractivity contribution >= 4 is 28.5 Å². The molecule has 2 atom stereocenters. The molecule has 1 unspecified atom stereocenters. The summed E-state index contributed by atoms with van der Waals surface area (Å²) in [7, 11) is -1.90. The summed E-state index contributed by atoms with van der Waals surface area (Å²) in [5.74, 6) is -2.12. The van der Waals surface area contributed by atoms with Crippen molar-refractivity contribution in [3.05, 3.63) is 64.2 Å². The van der Waals surface area contributed by atoms with Crippen LogP contribution in [-0.2, 0) is 27.5 Å². The molecule has 1 heterocycles. The number of alkyl halides is 3. The maximum absolute atomic E-state index is 14.2. The lowest BCUT2D eigenvalue weighted by Crippen LogP contribution is -2.51. The second kappa shape index (κ2) is 8.60. The Hall–Kier alpha value is -2.04. The van der Waals surface area contributed by atoms with E-state index in [4.69, 9.17) is 17.3 Å². The monoisotopic (exact) mass is 465 g/mol. The zero-order chi connectivity index (χ0) is 22.9. The molecule has 164 valence electrons. The van der Waals surface area contributed by atoms with Crippen LogP contribution >= 0.6 is 11.6 Å². The van der Waals surface area contributed by atoms with Crippen LogP contribution < -0.4 is 10.5 Å². The highest BCUT2D eigenvalue weighted by Gasteiger charge is 2.43. The van der Waals surface area contributed by atoms with Gasteiger partial charge in [0.05, 0.1) is 38.4 Å². The predicted molar refractivity (Wildman–Crippen MR) is 106 cm³/mol. The van der Waals surface area contributed by atoms with Crippen LogP contribution in [0.1, 0.15) is 44.0 Å². The average Bonchev–Trinajstić information content (AvgIpc) is 2.59. The Kier molecular flexibility index (Phi) is 6.95. The molecule has 0 aliphatic heterocycles. The fourth-order valence-corrected chi connectivity index (χ4v) is 3.72. The van der Waals surface area contributed by atoms with E-state index >= 15 is 0 Å². The summed E-state index contributed by atoms with van der Waals surface area (Å²) in [5.41, 5.74) is 1.90. The van der Waals surface area contributed by atoms with Crippen LogP contribution in [0.2, 0.25) is 5.02 Å². The number of nitrogens with one attached hydrogen (secondary N) is 1. The quantitative estimate of drug-likeness (QED) is 0.631. The maximum Gasteiger partial charge on any atom is 0.416 e. The normalized spacial score (nSPS) is 15.5. The molecular formula is C19H20ClF4N3O2S. The van der Waals surface area contributed by atoms with Crippen LogP contribution in [0.5, 0.6) is 0 Å². The Labute approximate surface area is 178 Å². The summed E-state index contributed by atoms with van der Waals surface area (Å²) < 4.78 is 68.9. The van der Waals surface area contributed by atoms with Crippen molar-refractivity contribution in [2.24, 2.45) is 5.73 Å². The lowest BCUT2D eigenvalue weighted by molar-refractivity contribution is -0.137. The topological polar surface area (TPSA) is 85.1 Å². The largest absolute Gasteiger partial charge is 0.416 e. The molecule has 0 saturated heterocycles. The van der Waals surface area contributed by atoms with E-state index in [0.717, 1.165) is 6.07 Å². The van der Waals surface area contributed by atoms with E-state index in [0.29, 0.717) is 12.1 Å².